The summed E-state index contributed by atoms with van der Waals surface area (Å²) in [6.07, 6.45) is 0. The summed E-state index contributed by atoms with van der Waals surface area (Å²) in [4.78, 5) is 15.6. The predicted octanol–water partition coefficient (Wildman–Crippen LogP) is 3.74. The van der Waals surface area contributed by atoms with Crippen LogP contribution < -0.4 is 5.32 Å². The number of pyridine rings is 1. The number of anilines is 2. The molecule has 1 aromatic carbocycles. The smallest absolute Gasteiger partial charge is 0.339 e. The normalized spacial score (nSPS) is 10.3. The molecule has 0 radical (unpaired) electrons. The van der Waals surface area contributed by atoms with Crippen LogP contribution in [0.4, 0.5) is 11.5 Å². The molecule has 0 saturated carbocycles. The van der Waals surface area contributed by atoms with Gasteiger partial charge in [0.1, 0.15) is 11.4 Å². The Balaban J connectivity index is 2.47. The molecule has 4 nitrogen and oxygen atoms in total. The Kier molecular flexibility index (Phi) is 4.04. The van der Waals surface area contributed by atoms with Gasteiger partial charge < -0.3 is 10.4 Å². The van der Waals surface area contributed by atoms with Crippen LogP contribution in [0, 0.1) is 17.4 Å². The van der Waals surface area contributed by atoms with E-state index in [0.29, 0.717) is 11.4 Å². The summed E-state index contributed by atoms with van der Waals surface area (Å²) >= 11 is 2.21. The van der Waals surface area contributed by atoms with Gasteiger partial charge in [0.2, 0.25) is 0 Å². The first-order valence-electron chi connectivity index (χ1n) is 5.71. The molecule has 0 aliphatic carbocycles. The minimum absolute atomic E-state index is 0.212. The molecule has 0 bridgehead atoms. The zero-order chi connectivity index (χ0) is 14.0. The standard InChI is InChI=1S/C14H13IN2O2/c1-8-6-9(2)16-13(12(8)14(18)19)17-11-5-3-4-10(15)7-11/h3-7H,1-2H3,(H,16,17)(H,18,19). The van der Waals surface area contributed by atoms with E-state index in [1.54, 1.807) is 13.0 Å². The molecule has 0 atom stereocenters. The first kappa shape index (κ1) is 13.8. The average molecular weight is 368 g/mol. The Morgan fingerprint density at radius 3 is 2.68 bits per heavy atom. The van der Waals surface area contributed by atoms with Crippen LogP contribution in [0.2, 0.25) is 0 Å². The second-order valence-electron chi connectivity index (χ2n) is 4.24. The molecule has 19 heavy (non-hydrogen) atoms. The minimum Gasteiger partial charge on any atom is -0.478 e. The third-order valence-corrected chi connectivity index (χ3v) is 3.32. The molecule has 1 heterocycles. The SMILES string of the molecule is Cc1cc(C)c(C(=O)O)c(Nc2cccc(I)c2)n1. The van der Waals surface area contributed by atoms with Crippen molar-refractivity contribution in [3.8, 4) is 0 Å². The van der Waals surface area contributed by atoms with Crippen LogP contribution in [0.15, 0.2) is 30.3 Å². The summed E-state index contributed by atoms with van der Waals surface area (Å²) in [6.45, 7) is 3.62. The van der Waals surface area contributed by atoms with Gasteiger partial charge >= 0.3 is 5.97 Å². The van der Waals surface area contributed by atoms with E-state index < -0.39 is 5.97 Å². The van der Waals surface area contributed by atoms with E-state index in [0.717, 1.165) is 15.0 Å². The second kappa shape index (κ2) is 5.56. The molecule has 5 heteroatoms. The Bertz CT molecular complexity index is 641. The third-order valence-electron chi connectivity index (χ3n) is 2.65. The number of hydrogen-bond acceptors (Lipinski definition) is 3. The van der Waals surface area contributed by atoms with Crippen molar-refractivity contribution in [2.75, 3.05) is 5.32 Å². The maximum Gasteiger partial charge on any atom is 0.339 e. The Hall–Kier alpha value is -1.63. The highest BCUT2D eigenvalue weighted by molar-refractivity contribution is 14.1. The van der Waals surface area contributed by atoms with Gasteiger partial charge in [-0.25, -0.2) is 9.78 Å². The number of carboxylic acid groups (broad SMARTS) is 1. The van der Waals surface area contributed by atoms with E-state index in [1.165, 1.54) is 0 Å². The van der Waals surface area contributed by atoms with Gasteiger partial charge in [-0.2, -0.15) is 0 Å². The molecular formula is C14H13IN2O2. The third kappa shape index (κ3) is 3.23. The van der Waals surface area contributed by atoms with Gasteiger partial charge in [-0.1, -0.05) is 6.07 Å². The highest BCUT2D eigenvalue weighted by atomic mass is 127. The van der Waals surface area contributed by atoms with Crippen molar-refractivity contribution in [2.45, 2.75) is 13.8 Å². The first-order valence-corrected chi connectivity index (χ1v) is 6.79. The van der Waals surface area contributed by atoms with E-state index >= 15 is 0 Å². The van der Waals surface area contributed by atoms with Crippen LogP contribution in [0.3, 0.4) is 0 Å². The highest BCUT2D eigenvalue weighted by Gasteiger charge is 2.15. The highest BCUT2D eigenvalue weighted by Crippen LogP contribution is 2.23. The fourth-order valence-corrected chi connectivity index (χ4v) is 2.44. The van der Waals surface area contributed by atoms with E-state index in [9.17, 15) is 9.90 Å². The first-order chi connectivity index (χ1) is 8.97. The van der Waals surface area contributed by atoms with Gasteiger partial charge in [0, 0.05) is 15.0 Å². The molecular weight excluding hydrogens is 355 g/mol. The largest absolute Gasteiger partial charge is 0.478 e. The number of aromatic nitrogens is 1. The van der Waals surface area contributed by atoms with E-state index in [-0.39, 0.29) is 5.56 Å². The molecule has 0 aliphatic rings. The zero-order valence-electron chi connectivity index (χ0n) is 10.6. The van der Waals surface area contributed by atoms with Crippen molar-refractivity contribution in [2.24, 2.45) is 0 Å². The van der Waals surface area contributed by atoms with Crippen LogP contribution >= 0.6 is 22.6 Å². The molecule has 2 rings (SSSR count). The number of carbonyl (C=O) groups is 1. The van der Waals surface area contributed by atoms with Crippen LogP contribution in [0.5, 0.6) is 0 Å². The molecule has 0 saturated heterocycles. The van der Waals surface area contributed by atoms with Crippen molar-refractivity contribution < 1.29 is 9.90 Å². The Morgan fingerprint density at radius 1 is 1.32 bits per heavy atom. The quantitative estimate of drug-likeness (QED) is 0.811. The predicted molar refractivity (Wildman–Crippen MR) is 83.1 cm³/mol. The van der Waals surface area contributed by atoms with Gasteiger partial charge in [-0.3, -0.25) is 0 Å². The number of nitrogens with one attached hydrogen (secondary N) is 1. The number of carboxylic acids is 1. The van der Waals surface area contributed by atoms with Crippen molar-refractivity contribution in [3.05, 3.63) is 50.7 Å². The lowest BCUT2D eigenvalue weighted by Crippen LogP contribution is -2.08. The van der Waals surface area contributed by atoms with E-state index in [1.807, 2.05) is 31.2 Å². The molecule has 1 aromatic heterocycles. The summed E-state index contributed by atoms with van der Waals surface area (Å²) in [7, 11) is 0. The van der Waals surface area contributed by atoms with E-state index in [2.05, 4.69) is 32.9 Å². The molecule has 0 unspecified atom stereocenters. The van der Waals surface area contributed by atoms with E-state index in [4.69, 9.17) is 0 Å². The zero-order valence-corrected chi connectivity index (χ0v) is 12.7. The Morgan fingerprint density at radius 2 is 2.05 bits per heavy atom. The van der Waals surface area contributed by atoms with Crippen LogP contribution in [-0.2, 0) is 0 Å². The van der Waals surface area contributed by atoms with Crippen molar-refractivity contribution in [1.29, 1.82) is 0 Å². The number of nitrogens with zero attached hydrogens (tertiary/aromatic N) is 1. The second-order valence-corrected chi connectivity index (χ2v) is 5.49. The lowest BCUT2D eigenvalue weighted by Gasteiger charge is -2.12. The summed E-state index contributed by atoms with van der Waals surface area (Å²) in [5.74, 6) is -0.592. The molecule has 0 amide bonds. The molecule has 98 valence electrons. The lowest BCUT2D eigenvalue weighted by molar-refractivity contribution is 0.0697. The van der Waals surface area contributed by atoms with Crippen molar-refractivity contribution in [1.82, 2.24) is 4.98 Å². The van der Waals surface area contributed by atoms with Crippen molar-refractivity contribution >= 4 is 40.1 Å². The number of benzene rings is 1. The number of halogens is 1. The fraction of sp³-hybridized carbons (Fsp3) is 0.143. The maximum atomic E-state index is 11.3. The Labute approximate surface area is 125 Å². The van der Waals surface area contributed by atoms with Crippen molar-refractivity contribution in [3.63, 3.8) is 0 Å². The van der Waals surface area contributed by atoms with Crippen LogP contribution in [0.25, 0.3) is 0 Å². The topological polar surface area (TPSA) is 62.2 Å². The molecule has 0 fully saturated rings. The number of aromatic carboxylic acids is 1. The summed E-state index contributed by atoms with van der Waals surface area (Å²) in [5.41, 5.74) is 2.53. The van der Waals surface area contributed by atoms with Crippen LogP contribution in [-0.4, -0.2) is 16.1 Å². The molecule has 2 N–H and O–H groups in total. The lowest BCUT2D eigenvalue weighted by atomic mass is 10.1. The van der Waals surface area contributed by atoms with Gasteiger partial charge in [-0.15, -0.1) is 0 Å². The fourth-order valence-electron chi connectivity index (χ4n) is 1.90. The average Bonchev–Trinajstić information content (AvgIpc) is 2.26. The summed E-state index contributed by atoms with van der Waals surface area (Å²) in [6, 6.07) is 9.47. The monoisotopic (exact) mass is 368 g/mol. The van der Waals surface area contributed by atoms with Crippen LogP contribution in [0.1, 0.15) is 21.6 Å². The summed E-state index contributed by atoms with van der Waals surface area (Å²) < 4.78 is 1.07. The molecule has 2 aromatic rings. The molecule has 0 aliphatic heterocycles. The van der Waals surface area contributed by atoms with Gasteiger partial charge in [0.25, 0.3) is 0 Å². The molecule has 0 spiro atoms. The summed E-state index contributed by atoms with van der Waals surface area (Å²) in [5, 5.41) is 12.4. The number of hydrogen-bond donors (Lipinski definition) is 2. The minimum atomic E-state index is -0.974. The number of rotatable bonds is 3. The van der Waals surface area contributed by atoms with Gasteiger partial charge in [0.15, 0.2) is 0 Å². The van der Waals surface area contributed by atoms with Gasteiger partial charge in [0.05, 0.1) is 0 Å². The van der Waals surface area contributed by atoms with Gasteiger partial charge in [-0.05, 0) is 66.3 Å². The maximum absolute atomic E-state index is 11.3. The number of aryl methyl sites for hydroxylation is 2.